The summed E-state index contributed by atoms with van der Waals surface area (Å²) >= 11 is 0. The van der Waals surface area contributed by atoms with Gasteiger partial charge >= 0.3 is 11.6 Å². The average Bonchev–Trinajstić information content (AvgIpc) is 2.89. The maximum atomic E-state index is 13.2. The van der Waals surface area contributed by atoms with Gasteiger partial charge in [-0.25, -0.2) is 4.79 Å². The molecule has 4 aliphatic rings. The molecule has 8 heteroatoms. The van der Waals surface area contributed by atoms with Gasteiger partial charge in [-0.1, -0.05) is 13.5 Å². The van der Waals surface area contributed by atoms with Crippen LogP contribution < -0.4 is 10.4 Å². The zero-order chi connectivity index (χ0) is 27.1. The monoisotopic (exact) mass is 519 g/mol. The lowest BCUT2D eigenvalue weighted by Crippen LogP contribution is -2.70. The van der Waals surface area contributed by atoms with Gasteiger partial charge in [0.25, 0.3) is 0 Å². The van der Waals surface area contributed by atoms with Crippen molar-refractivity contribution in [3.05, 3.63) is 64.3 Å². The fourth-order valence-corrected chi connectivity index (χ4v) is 7.83. The van der Waals surface area contributed by atoms with Crippen molar-refractivity contribution in [2.75, 3.05) is 6.61 Å². The van der Waals surface area contributed by atoms with Crippen LogP contribution in [0.5, 0.6) is 5.75 Å². The number of pyridine rings is 1. The van der Waals surface area contributed by atoms with E-state index in [4.69, 9.17) is 13.9 Å². The molecule has 2 N–H and O–H groups in total. The van der Waals surface area contributed by atoms with Crippen LogP contribution in [0.1, 0.15) is 58.4 Å². The van der Waals surface area contributed by atoms with E-state index in [9.17, 15) is 19.8 Å². The highest BCUT2D eigenvalue weighted by molar-refractivity contribution is 5.71. The number of cyclic esters (lactones) is 1. The molecule has 4 heterocycles. The highest BCUT2D eigenvalue weighted by atomic mass is 16.5. The van der Waals surface area contributed by atoms with Crippen molar-refractivity contribution in [2.45, 2.75) is 70.2 Å². The van der Waals surface area contributed by atoms with Crippen molar-refractivity contribution >= 4 is 12.0 Å². The van der Waals surface area contributed by atoms with Crippen molar-refractivity contribution < 1.29 is 28.9 Å². The van der Waals surface area contributed by atoms with Crippen molar-refractivity contribution in [1.29, 1.82) is 0 Å². The Hall–Kier alpha value is -3.23. The lowest BCUT2D eigenvalue weighted by molar-refractivity contribution is -0.230. The van der Waals surface area contributed by atoms with Gasteiger partial charge in [0.1, 0.15) is 23.7 Å². The van der Waals surface area contributed by atoms with Crippen molar-refractivity contribution in [3.63, 3.8) is 0 Å². The van der Waals surface area contributed by atoms with Crippen molar-refractivity contribution in [1.82, 2.24) is 4.98 Å². The number of aromatic nitrogens is 1. The predicted octanol–water partition coefficient (Wildman–Crippen LogP) is 4.05. The largest absolute Gasteiger partial charge is 0.479 e. The number of aliphatic hydroxyl groups is 2. The molecule has 0 radical (unpaired) electrons. The van der Waals surface area contributed by atoms with E-state index in [1.54, 1.807) is 30.6 Å². The highest BCUT2D eigenvalue weighted by Gasteiger charge is 2.70. The molecule has 2 aromatic rings. The van der Waals surface area contributed by atoms with Gasteiger partial charge in [-0.15, -0.1) is 0 Å². The van der Waals surface area contributed by atoms with Crippen LogP contribution in [0.25, 0.3) is 17.4 Å². The molecule has 2 aliphatic carbocycles. The number of rotatable bonds is 2. The Balaban J connectivity index is 1.51. The lowest BCUT2D eigenvalue weighted by atomic mass is 9.40. The van der Waals surface area contributed by atoms with Gasteiger partial charge < -0.3 is 24.1 Å². The summed E-state index contributed by atoms with van der Waals surface area (Å²) in [5.74, 6) is 0.149. The van der Waals surface area contributed by atoms with Crippen LogP contribution in [0, 0.1) is 16.7 Å². The fraction of sp³-hybridized carbons (Fsp3) is 0.500. The number of hydrogen-bond donors (Lipinski definition) is 2. The zero-order valence-electron chi connectivity index (χ0n) is 22.0. The van der Waals surface area contributed by atoms with Gasteiger partial charge in [-0.2, -0.15) is 0 Å². The van der Waals surface area contributed by atoms with Crippen LogP contribution >= 0.6 is 0 Å². The quantitative estimate of drug-likeness (QED) is 0.451. The molecule has 2 saturated carbocycles. The first kappa shape index (κ1) is 25.1. The van der Waals surface area contributed by atoms with Crippen LogP contribution in [0.2, 0.25) is 0 Å². The molecule has 0 unspecified atom stereocenters. The van der Waals surface area contributed by atoms with E-state index >= 15 is 0 Å². The van der Waals surface area contributed by atoms with Crippen LogP contribution in [0.15, 0.2) is 57.5 Å². The molecule has 0 bridgehead atoms. The smallest absolute Gasteiger partial charge is 0.347 e. The first-order valence-electron chi connectivity index (χ1n) is 13.2. The summed E-state index contributed by atoms with van der Waals surface area (Å²) in [5.41, 5.74) is -1.89. The van der Waals surface area contributed by atoms with Gasteiger partial charge in [0.2, 0.25) is 0 Å². The Morgan fingerprint density at radius 1 is 1.21 bits per heavy atom. The van der Waals surface area contributed by atoms with Gasteiger partial charge in [-0.3, -0.25) is 9.78 Å². The summed E-state index contributed by atoms with van der Waals surface area (Å²) in [4.78, 5) is 29.4. The minimum atomic E-state index is -1.25. The molecule has 0 amide bonds. The summed E-state index contributed by atoms with van der Waals surface area (Å²) in [6.07, 6.45) is 6.09. The molecule has 2 aliphatic heterocycles. The maximum absolute atomic E-state index is 13.2. The van der Waals surface area contributed by atoms with Crippen molar-refractivity contribution in [2.24, 2.45) is 16.7 Å². The second kappa shape index (κ2) is 8.13. The normalized spacial score (nSPS) is 37.7. The van der Waals surface area contributed by atoms with Crippen LogP contribution in [0.3, 0.4) is 0 Å². The second-order valence-corrected chi connectivity index (χ2v) is 11.9. The highest BCUT2D eigenvalue weighted by Crippen LogP contribution is 2.69. The molecule has 38 heavy (non-hydrogen) atoms. The molecule has 8 nitrogen and oxygen atoms in total. The van der Waals surface area contributed by atoms with Gasteiger partial charge in [0, 0.05) is 35.9 Å². The third kappa shape index (κ3) is 3.19. The van der Waals surface area contributed by atoms with Crippen LogP contribution in [-0.2, 0) is 9.53 Å². The third-order valence-corrected chi connectivity index (χ3v) is 9.99. The summed E-state index contributed by atoms with van der Waals surface area (Å²) in [6, 6.07) is 5.23. The minimum Gasteiger partial charge on any atom is -0.479 e. The van der Waals surface area contributed by atoms with Crippen molar-refractivity contribution in [3.8, 4) is 17.1 Å². The number of esters is 1. The van der Waals surface area contributed by atoms with E-state index in [-0.39, 0.29) is 24.9 Å². The van der Waals surface area contributed by atoms with Gasteiger partial charge in [0.05, 0.1) is 11.7 Å². The van der Waals surface area contributed by atoms with Gasteiger partial charge in [-0.05, 0) is 80.2 Å². The molecular formula is C30H33NO7. The molecule has 3 fully saturated rings. The first-order valence-corrected chi connectivity index (χ1v) is 13.2. The van der Waals surface area contributed by atoms with E-state index in [2.05, 4.69) is 18.5 Å². The molecule has 200 valence electrons. The SMILES string of the molecule is C=C(C)[C@]1(O)CC[C@@]2(C)C3=Cc4c(cc(-c5cccnc5)oc4=O)O[C@]3(C)[C@@H](O)C[C@@H]2[C@@]12CCC(=O)OC2. The molecule has 1 spiro atoms. The average molecular weight is 520 g/mol. The van der Waals surface area contributed by atoms with Crippen LogP contribution in [0.4, 0.5) is 0 Å². The second-order valence-electron chi connectivity index (χ2n) is 11.9. The predicted molar refractivity (Wildman–Crippen MR) is 139 cm³/mol. The molecule has 6 rings (SSSR count). The Morgan fingerprint density at radius 2 is 2.00 bits per heavy atom. The number of ether oxygens (including phenoxy) is 2. The number of nitrogens with zero attached hydrogens (tertiary/aromatic N) is 1. The number of aliphatic hydroxyl groups excluding tert-OH is 1. The molecule has 0 aromatic carbocycles. The molecule has 1 saturated heterocycles. The van der Waals surface area contributed by atoms with E-state index in [1.165, 1.54) is 0 Å². The summed E-state index contributed by atoms with van der Waals surface area (Å²) in [7, 11) is 0. The van der Waals surface area contributed by atoms with E-state index in [1.807, 2.05) is 19.9 Å². The summed E-state index contributed by atoms with van der Waals surface area (Å²) in [6.45, 7) is 9.96. The third-order valence-electron chi connectivity index (χ3n) is 9.99. The minimum absolute atomic E-state index is 0.0558. The number of carbonyl (C=O) groups excluding carboxylic acids is 1. The lowest BCUT2D eigenvalue weighted by Gasteiger charge is -2.67. The maximum Gasteiger partial charge on any atom is 0.347 e. The summed E-state index contributed by atoms with van der Waals surface area (Å²) in [5, 5.41) is 23.7. The topological polar surface area (TPSA) is 119 Å². The zero-order valence-corrected chi connectivity index (χ0v) is 22.0. The number of hydrogen-bond acceptors (Lipinski definition) is 8. The van der Waals surface area contributed by atoms with E-state index in [0.29, 0.717) is 53.9 Å². The summed E-state index contributed by atoms with van der Waals surface area (Å²) < 4.78 is 17.8. The van der Waals surface area contributed by atoms with E-state index < -0.39 is 33.8 Å². The van der Waals surface area contributed by atoms with E-state index in [0.717, 1.165) is 5.57 Å². The fourth-order valence-electron chi connectivity index (χ4n) is 7.83. The van der Waals surface area contributed by atoms with Gasteiger partial charge in [0.15, 0.2) is 5.60 Å². The Morgan fingerprint density at radius 3 is 2.66 bits per heavy atom. The molecular weight excluding hydrogens is 486 g/mol. The first-order chi connectivity index (χ1) is 17.9. The molecule has 6 atom stereocenters. The standard InChI is InChI=1S/C30H33NO7/c1-17(2)30(35)10-9-27(3)22-12-19-21(13-20(37-26(19)34)18-6-5-11-31-15-18)38-28(22,4)24(32)14-23(27)29(30)8-7-25(33)36-16-29/h5-6,11-13,15,23-24,32,35H,1,7-10,14,16H2,2-4H3/t23-,24-,27-,28-,29-,30+/m0/s1. The number of carbonyl (C=O) groups is 1. The Labute approximate surface area is 221 Å². The number of fused-ring (bicyclic) bond motifs is 5. The Bertz CT molecular complexity index is 1420. The molecule has 2 aromatic heterocycles. The Kier molecular flexibility index (Phi) is 5.37. The van der Waals surface area contributed by atoms with Crippen LogP contribution in [-0.4, -0.2) is 45.1 Å².